The minimum absolute atomic E-state index is 0.0826. The molecule has 312 valence electrons. The van der Waals surface area contributed by atoms with E-state index in [1.165, 1.54) is 0 Å². The molecule has 0 amide bonds. The van der Waals surface area contributed by atoms with Crippen LogP contribution in [0.5, 0.6) is 0 Å². The number of aromatic nitrogens is 1. The van der Waals surface area contributed by atoms with Crippen LogP contribution in [0.3, 0.4) is 0 Å². The Balaban J connectivity index is 1.50. The normalized spacial score (nSPS) is 24.2. The number of hydrogen-bond acceptors (Lipinski definition) is 5. The lowest BCUT2D eigenvalue weighted by atomic mass is 9.88. The molecule has 0 spiro atoms. The highest BCUT2D eigenvalue weighted by Crippen LogP contribution is 2.45. The maximum atomic E-state index is 17.0. The van der Waals surface area contributed by atoms with Crippen molar-refractivity contribution in [3.8, 4) is 0 Å². The smallest absolute Gasteiger partial charge is 0.189 e. The average Bonchev–Trinajstić information content (AvgIpc) is 3.92. The van der Waals surface area contributed by atoms with Gasteiger partial charge in [-0.2, -0.15) is 0 Å². The Kier molecular flexibility index (Phi) is 10.9. The van der Waals surface area contributed by atoms with Crippen molar-refractivity contribution < 1.29 is 27.0 Å². The summed E-state index contributed by atoms with van der Waals surface area (Å²) >= 11 is 0. The number of fused-ring (bicyclic) bond motifs is 5. The largest absolute Gasteiger partial charge is 0.354 e. The number of halogens is 4. The first-order chi connectivity index (χ1) is 28.7. The summed E-state index contributed by atoms with van der Waals surface area (Å²) in [6.07, 6.45) is 4.87. The van der Waals surface area contributed by atoms with E-state index in [0.717, 1.165) is 66.7 Å². The van der Waals surface area contributed by atoms with Gasteiger partial charge in [0.15, 0.2) is 29.6 Å². The highest BCUT2D eigenvalue weighted by atomic mass is 19.2. The fourth-order valence-electron chi connectivity index (χ4n) is 9.46. The molecule has 1 saturated heterocycles. The van der Waals surface area contributed by atoms with E-state index in [1.54, 1.807) is 0 Å². The number of ether oxygens (including phenoxy) is 2. The van der Waals surface area contributed by atoms with Crippen LogP contribution in [0.15, 0.2) is 96.2 Å². The maximum Gasteiger partial charge on any atom is 0.189 e. The van der Waals surface area contributed by atoms with Gasteiger partial charge >= 0.3 is 0 Å². The van der Waals surface area contributed by atoms with E-state index in [4.69, 9.17) is 24.5 Å². The molecular weight excluding hydrogens is 765 g/mol. The van der Waals surface area contributed by atoms with Gasteiger partial charge in [0.2, 0.25) is 0 Å². The SMILES string of the molecule is CCC1=C(C)/C2=C(\c3c(F)c(F)c(C4OCC(C)(C)CO4)c(F)c3F)C3=NC(/C=C4N=C(C(C)=C\4CC)/C(c4ccccc4)=c4\[nH]/c(c(CC)c4C)=C\C1=N2)C(CC)=C3C. The quantitative estimate of drug-likeness (QED) is 0.191. The molecule has 0 radical (unpaired) electrons. The molecule has 1 aromatic heterocycles. The van der Waals surface area contributed by atoms with E-state index >= 15 is 17.6 Å². The van der Waals surface area contributed by atoms with E-state index in [-0.39, 0.29) is 30.2 Å². The van der Waals surface area contributed by atoms with Crippen LogP contribution in [0.2, 0.25) is 0 Å². The summed E-state index contributed by atoms with van der Waals surface area (Å²) in [7, 11) is 0. The molecule has 1 unspecified atom stereocenters. The molecular formula is C50H52F4N4O2. The molecule has 60 heavy (non-hydrogen) atoms. The Labute approximate surface area is 349 Å². The summed E-state index contributed by atoms with van der Waals surface area (Å²) in [4.78, 5) is 19.5. The lowest BCUT2D eigenvalue weighted by molar-refractivity contribution is -0.228. The number of H-pyrrole nitrogens is 1. The highest BCUT2D eigenvalue weighted by molar-refractivity contribution is 6.36. The zero-order chi connectivity index (χ0) is 42.9. The van der Waals surface area contributed by atoms with Crippen molar-refractivity contribution in [2.45, 2.75) is 107 Å². The number of benzene rings is 2. The number of allylic oxidation sites excluding steroid dienone is 6. The van der Waals surface area contributed by atoms with Gasteiger partial charge < -0.3 is 14.5 Å². The van der Waals surface area contributed by atoms with Crippen LogP contribution in [-0.2, 0) is 15.9 Å². The number of aliphatic imine (C=N–C) groups is 3. The molecule has 2 aromatic carbocycles. The van der Waals surface area contributed by atoms with E-state index in [0.29, 0.717) is 42.5 Å². The minimum atomic E-state index is -1.62. The fourth-order valence-corrected chi connectivity index (χ4v) is 9.46. The van der Waals surface area contributed by atoms with Gasteiger partial charge in [-0.1, -0.05) is 71.9 Å². The van der Waals surface area contributed by atoms with E-state index in [2.05, 4.69) is 44.8 Å². The van der Waals surface area contributed by atoms with Gasteiger partial charge in [0.05, 0.1) is 64.3 Å². The van der Waals surface area contributed by atoms with E-state index in [9.17, 15) is 0 Å². The average molecular weight is 817 g/mol. The molecule has 5 aliphatic rings. The summed E-state index contributed by atoms with van der Waals surface area (Å²) in [6.45, 7) is 20.0. The third kappa shape index (κ3) is 6.58. The van der Waals surface area contributed by atoms with Gasteiger partial charge in [0.25, 0.3) is 0 Å². The predicted octanol–water partition coefficient (Wildman–Crippen LogP) is 10.7. The summed E-state index contributed by atoms with van der Waals surface area (Å²) in [5.41, 5.74) is 9.58. The van der Waals surface area contributed by atoms with Crippen LogP contribution in [0, 0.1) is 35.6 Å². The summed E-state index contributed by atoms with van der Waals surface area (Å²) in [6, 6.07) is 9.70. The van der Waals surface area contributed by atoms with Crippen molar-refractivity contribution in [1.29, 1.82) is 0 Å². The lowest BCUT2D eigenvalue weighted by Crippen LogP contribution is -2.34. The summed E-state index contributed by atoms with van der Waals surface area (Å²) in [5, 5.41) is 1.78. The second-order valence-electron chi connectivity index (χ2n) is 17.0. The van der Waals surface area contributed by atoms with Crippen LogP contribution in [0.1, 0.15) is 116 Å². The monoisotopic (exact) mass is 816 g/mol. The zero-order valence-corrected chi connectivity index (χ0v) is 36.1. The third-order valence-electron chi connectivity index (χ3n) is 12.7. The molecule has 1 fully saturated rings. The molecule has 1 N–H and O–H groups in total. The Hall–Kier alpha value is -5.19. The number of rotatable bonds is 7. The van der Waals surface area contributed by atoms with Crippen LogP contribution >= 0.6 is 0 Å². The molecule has 0 aliphatic carbocycles. The second kappa shape index (κ2) is 15.7. The molecule has 10 heteroatoms. The molecule has 6 heterocycles. The van der Waals surface area contributed by atoms with Crippen LogP contribution in [0.25, 0.3) is 17.2 Å². The first kappa shape index (κ1) is 41.5. The highest BCUT2D eigenvalue weighted by Gasteiger charge is 2.40. The zero-order valence-electron chi connectivity index (χ0n) is 36.1. The van der Waals surface area contributed by atoms with Gasteiger partial charge in [-0.3, -0.25) is 4.99 Å². The Morgan fingerprint density at radius 2 is 1.38 bits per heavy atom. The second-order valence-corrected chi connectivity index (χ2v) is 17.0. The van der Waals surface area contributed by atoms with Gasteiger partial charge in [0, 0.05) is 21.9 Å². The topological polar surface area (TPSA) is 71.3 Å². The standard InChI is InChI=1S/C50H52F4N4O2/c1-11-29-24(5)45-37(28-18-16-15-17-19-28)46-25(6)30(12-2)34(56-46)21-36-32(14-4)27(8)48(58-36)39(47-26(7)31(13-3)35(57-47)20-33(29)55-45)38-41(51)43(53)40(44(54)42(38)52)49-59-22-50(9,10)23-60-49/h15-21,35,49,56H,11-14,22-23H2,1-10H3/b33-20-,34-21-,46-37-,48-39-. The van der Waals surface area contributed by atoms with E-state index in [1.807, 2.05) is 71.9 Å². The van der Waals surface area contributed by atoms with E-state index < -0.39 is 52.1 Å². The minimum Gasteiger partial charge on any atom is -0.354 e. The van der Waals surface area contributed by atoms with Crippen molar-refractivity contribution in [2.75, 3.05) is 13.2 Å². The lowest BCUT2D eigenvalue weighted by Gasteiger charge is -2.35. The fraction of sp³-hybridized carbons (Fsp3) is 0.380. The Morgan fingerprint density at radius 3 is 1.98 bits per heavy atom. The number of aromatic amines is 1. The Morgan fingerprint density at radius 1 is 0.733 bits per heavy atom. The summed E-state index contributed by atoms with van der Waals surface area (Å²) in [5.74, 6) is -6.29. The van der Waals surface area contributed by atoms with Gasteiger partial charge in [0.1, 0.15) is 0 Å². The molecule has 3 aromatic rings. The van der Waals surface area contributed by atoms with Crippen LogP contribution in [0.4, 0.5) is 17.6 Å². The van der Waals surface area contributed by atoms with Crippen molar-refractivity contribution in [1.82, 2.24) is 4.98 Å². The van der Waals surface area contributed by atoms with Crippen molar-refractivity contribution in [3.63, 3.8) is 0 Å². The van der Waals surface area contributed by atoms with Crippen LogP contribution in [-0.4, -0.2) is 41.4 Å². The Bertz CT molecular complexity index is 2720. The van der Waals surface area contributed by atoms with Crippen molar-refractivity contribution >= 4 is 34.4 Å². The summed E-state index contributed by atoms with van der Waals surface area (Å²) < 4.78 is 78.3. The predicted molar refractivity (Wildman–Crippen MR) is 232 cm³/mol. The first-order valence-corrected chi connectivity index (χ1v) is 21.1. The number of nitrogens with one attached hydrogen (secondary N) is 1. The molecule has 8 bridgehead atoms. The molecule has 8 rings (SSSR count). The molecule has 0 saturated carbocycles. The van der Waals surface area contributed by atoms with Crippen molar-refractivity contribution in [2.24, 2.45) is 20.4 Å². The molecule has 6 nitrogen and oxygen atoms in total. The van der Waals surface area contributed by atoms with Gasteiger partial charge in [-0.15, -0.1) is 0 Å². The van der Waals surface area contributed by atoms with Gasteiger partial charge in [-0.25, -0.2) is 27.5 Å². The number of hydrogen-bond donors (Lipinski definition) is 1. The van der Waals surface area contributed by atoms with Crippen molar-refractivity contribution in [3.05, 3.63) is 143 Å². The maximum absolute atomic E-state index is 17.0. The number of nitrogens with zero attached hydrogens (tertiary/aromatic N) is 3. The van der Waals surface area contributed by atoms with Gasteiger partial charge in [-0.05, 0) is 116 Å². The third-order valence-corrected chi connectivity index (χ3v) is 12.7. The molecule has 1 atom stereocenters. The first-order valence-electron chi connectivity index (χ1n) is 21.1. The van der Waals surface area contributed by atoms with Crippen LogP contribution < -0.4 is 10.7 Å². The molecule has 5 aliphatic heterocycles.